The van der Waals surface area contributed by atoms with Crippen molar-refractivity contribution < 1.29 is 17.9 Å². The lowest BCUT2D eigenvalue weighted by molar-refractivity contribution is -0.0500. The van der Waals surface area contributed by atoms with Crippen molar-refractivity contribution in [3.8, 4) is 5.75 Å². The summed E-state index contributed by atoms with van der Waals surface area (Å²) in [7, 11) is 0. The molecule has 2 rings (SSSR count). The number of rotatable bonds is 5. The van der Waals surface area contributed by atoms with Crippen LogP contribution in [0.15, 0.2) is 36.5 Å². The molecule has 0 saturated carbocycles. The van der Waals surface area contributed by atoms with E-state index in [1.165, 1.54) is 12.1 Å². The molecule has 112 valence electrons. The van der Waals surface area contributed by atoms with Gasteiger partial charge in [-0.15, -0.1) is 0 Å². The van der Waals surface area contributed by atoms with Crippen molar-refractivity contribution in [3.63, 3.8) is 0 Å². The van der Waals surface area contributed by atoms with E-state index in [-0.39, 0.29) is 5.75 Å². The Morgan fingerprint density at radius 2 is 1.90 bits per heavy atom. The van der Waals surface area contributed by atoms with E-state index in [0.29, 0.717) is 17.9 Å². The van der Waals surface area contributed by atoms with E-state index in [9.17, 15) is 13.2 Å². The van der Waals surface area contributed by atoms with Crippen LogP contribution in [0.4, 0.5) is 13.2 Å². The number of hydrogen-bond acceptors (Lipinski definition) is 2. The molecule has 0 bridgehead atoms. The van der Waals surface area contributed by atoms with E-state index < -0.39 is 12.4 Å². The lowest BCUT2D eigenvalue weighted by Gasteiger charge is -2.09. The van der Waals surface area contributed by atoms with Gasteiger partial charge < -0.3 is 4.74 Å². The smallest absolute Gasteiger partial charge is 0.387 e. The number of ether oxygens (including phenoxy) is 1. The number of nitrogens with zero attached hydrogens (tertiary/aromatic N) is 1. The van der Waals surface area contributed by atoms with Crippen molar-refractivity contribution in [2.24, 2.45) is 0 Å². The second-order valence-corrected chi connectivity index (χ2v) is 5.09. The minimum absolute atomic E-state index is 0.181. The predicted octanol–water partition coefficient (Wildman–Crippen LogP) is 4.54. The summed E-state index contributed by atoms with van der Waals surface area (Å²) in [6.07, 6.45) is 2.05. The third kappa shape index (κ3) is 4.48. The number of benzene rings is 1. The van der Waals surface area contributed by atoms with Gasteiger partial charge in [0.25, 0.3) is 0 Å². The van der Waals surface area contributed by atoms with Crippen LogP contribution >= 0.6 is 0 Å². The molecule has 0 aliphatic heterocycles. The SMILES string of the molecule is CC(C)c1ccnc(Cc2cc(F)cc(OC(F)F)c2)c1. The van der Waals surface area contributed by atoms with E-state index in [2.05, 4.69) is 23.6 Å². The quantitative estimate of drug-likeness (QED) is 0.808. The molecule has 1 aromatic carbocycles. The first-order valence-corrected chi connectivity index (χ1v) is 6.63. The van der Waals surface area contributed by atoms with Crippen LogP contribution in [-0.4, -0.2) is 11.6 Å². The van der Waals surface area contributed by atoms with Crippen molar-refractivity contribution in [3.05, 3.63) is 59.2 Å². The fourth-order valence-electron chi connectivity index (χ4n) is 2.06. The molecule has 5 heteroatoms. The molecule has 0 aliphatic carbocycles. The summed E-state index contributed by atoms with van der Waals surface area (Å²) in [6.45, 7) is 1.16. The average molecular weight is 295 g/mol. The topological polar surface area (TPSA) is 22.1 Å². The summed E-state index contributed by atoms with van der Waals surface area (Å²) < 4.78 is 42.1. The molecule has 21 heavy (non-hydrogen) atoms. The van der Waals surface area contributed by atoms with Crippen molar-refractivity contribution in [2.45, 2.75) is 32.8 Å². The van der Waals surface area contributed by atoms with Gasteiger partial charge in [0.05, 0.1) is 0 Å². The molecule has 1 aromatic heterocycles. The van der Waals surface area contributed by atoms with Crippen molar-refractivity contribution in [2.75, 3.05) is 0 Å². The number of halogens is 3. The predicted molar refractivity (Wildman–Crippen MR) is 74.2 cm³/mol. The highest BCUT2D eigenvalue weighted by molar-refractivity contribution is 5.33. The zero-order valence-electron chi connectivity index (χ0n) is 11.8. The second kappa shape index (κ2) is 6.61. The fraction of sp³-hybridized carbons (Fsp3) is 0.312. The van der Waals surface area contributed by atoms with Gasteiger partial charge in [-0.2, -0.15) is 8.78 Å². The minimum Gasteiger partial charge on any atom is -0.435 e. The molecule has 0 spiro atoms. The molecule has 0 saturated heterocycles. The highest BCUT2D eigenvalue weighted by Gasteiger charge is 2.09. The summed E-state index contributed by atoms with van der Waals surface area (Å²) in [5.74, 6) is -0.430. The summed E-state index contributed by atoms with van der Waals surface area (Å²) in [5.41, 5.74) is 2.43. The average Bonchev–Trinajstić information content (AvgIpc) is 2.37. The van der Waals surface area contributed by atoms with Crippen LogP contribution < -0.4 is 4.74 Å². The molecule has 0 atom stereocenters. The molecule has 2 nitrogen and oxygen atoms in total. The Kier molecular flexibility index (Phi) is 4.83. The van der Waals surface area contributed by atoms with E-state index >= 15 is 0 Å². The van der Waals surface area contributed by atoms with Crippen LogP contribution in [0.3, 0.4) is 0 Å². The molecule has 0 unspecified atom stereocenters. The Hall–Kier alpha value is -2.04. The van der Waals surface area contributed by atoms with Crippen LogP contribution in [-0.2, 0) is 6.42 Å². The van der Waals surface area contributed by atoms with Gasteiger partial charge in [0.1, 0.15) is 11.6 Å². The Morgan fingerprint density at radius 1 is 1.14 bits per heavy atom. The summed E-state index contributed by atoms with van der Waals surface area (Å²) in [5, 5.41) is 0. The summed E-state index contributed by atoms with van der Waals surface area (Å²) >= 11 is 0. The lowest BCUT2D eigenvalue weighted by atomic mass is 10.0. The molecule has 0 amide bonds. The molecule has 2 aromatic rings. The van der Waals surface area contributed by atoms with Gasteiger partial charge in [-0.1, -0.05) is 13.8 Å². The normalized spacial score (nSPS) is 11.2. The molecule has 0 N–H and O–H groups in total. The zero-order valence-corrected chi connectivity index (χ0v) is 11.8. The minimum atomic E-state index is -2.97. The Balaban J connectivity index is 2.22. The molecule has 0 radical (unpaired) electrons. The molecule has 0 aliphatic rings. The van der Waals surface area contributed by atoms with Gasteiger partial charge in [0.15, 0.2) is 0 Å². The summed E-state index contributed by atoms with van der Waals surface area (Å²) in [4.78, 5) is 4.23. The third-order valence-corrected chi connectivity index (χ3v) is 3.05. The maximum atomic E-state index is 13.4. The van der Waals surface area contributed by atoms with Gasteiger partial charge in [-0.3, -0.25) is 4.98 Å². The fourth-order valence-corrected chi connectivity index (χ4v) is 2.06. The number of pyridine rings is 1. The summed E-state index contributed by atoms with van der Waals surface area (Å²) in [6, 6.07) is 7.49. The van der Waals surface area contributed by atoms with E-state index in [1.54, 1.807) is 6.20 Å². The first kappa shape index (κ1) is 15.4. The first-order valence-electron chi connectivity index (χ1n) is 6.63. The van der Waals surface area contributed by atoms with Crippen molar-refractivity contribution >= 4 is 0 Å². The van der Waals surface area contributed by atoms with Crippen LogP contribution in [0.5, 0.6) is 5.75 Å². The van der Waals surface area contributed by atoms with Crippen molar-refractivity contribution in [1.82, 2.24) is 4.98 Å². The maximum absolute atomic E-state index is 13.4. The second-order valence-electron chi connectivity index (χ2n) is 5.09. The molecular weight excluding hydrogens is 279 g/mol. The number of alkyl halides is 2. The van der Waals surface area contributed by atoms with Crippen LogP contribution in [0.25, 0.3) is 0 Å². The first-order chi connectivity index (χ1) is 9.94. The van der Waals surface area contributed by atoms with Gasteiger partial charge in [0.2, 0.25) is 0 Å². The molecular formula is C16H16F3NO. The largest absolute Gasteiger partial charge is 0.435 e. The highest BCUT2D eigenvalue weighted by Crippen LogP contribution is 2.21. The zero-order chi connectivity index (χ0) is 15.4. The third-order valence-electron chi connectivity index (χ3n) is 3.05. The van der Waals surface area contributed by atoms with Gasteiger partial charge in [-0.05, 0) is 41.3 Å². The maximum Gasteiger partial charge on any atom is 0.387 e. The van der Waals surface area contributed by atoms with E-state index in [0.717, 1.165) is 17.3 Å². The standard InChI is InChI=1S/C16H16F3NO/c1-10(2)12-3-4-20-14(8-12)6-11-5-13(17)9-15(7-11)21-16(18)19/h3-5,7-10,16H,6H2,1-2H3. The van der Waals surface area contributed by atoms with E-state index in [1.807, 2.05) is 12.1 Å². The lowest BCUT2D eigenvalue weighted by Crippen LogP contribution is -2.03. The van der Waals surface area contributed by atoms with Crippen LogP contribution in [0, 0.1) is 5.82 Å². The number of hydrogen-bond donors (Lipinski definition) is 0. The van der Waals surface area contributed by atoms with Gasteiger partial charge in [-0.25, -0.2) is 4.39 Å². The number of aromatic nitrogens is 1. The van der Waals surface area contributed by atoms with Crippen LogP contribution in [0.2, 0.25) is 0 Å². The van der Waals surface area contributed by atoms with Gasteiger partial charge >= 0.3 is 6.61 Å². The van der Waals surface area contributed by atoms with E-state index in [4.69, 9.17) is 0 Å². The van der Waals surface area contributed by atoms with Gasteiger partial charge in [0, 0.05) is 24.4 Å². The van der Waals surface area contributed by atoms with Crippen molar-refractivity contribution in [1.29, 1.82) is 0 Å². The monoisotopic (exact) mass is 295 g/mol. The highest BCUT2D eigenvalue weighted by atomic mass is 19.3. The molecule has 1 heterocycles. The molecule has 0 fully saturated rings. The Morgan fingerprint density at radius 3 is 2.57 bits per heavy atom. The van der Waals surface area contributed by atoms with Crippen LogP contribution in [0.1, 0.15) is 36.6 Å². The Labute approximate surface area is 121 Å². The Bertz CT molecular complexity index is 614.